The highest BCUT2D eigenvalue weighted by molar-refractivity contribution is 5.98. The molecule has 21 heavy (non-hydrogen) atoms. The van der Waals surface area contributed by atoms with Crippen molar-refractivity contribution in [3.05, 3.63) is 23.8 Å². The third-order valence-electron chi connectivity index (χ3n) is 3.61. The molecule has 0 aromatic heterocycles. The van der Waals surface area contributed by atoms with Crippen LogP contribution >= 0.6 is 0 Å². The molecular formula is C16H21NO4. The Morgan fingerprint density at radius 3 is 2.71 bits per heavy atom. The predicted molar refractivity (Wildman–Crippen MR) is 79.7 cm³/mol. The van der Waals surface area contributed by atoms with Crippen LogP contribution in [0.25, 0.3) is 0 Å². The molecule has 5 nitrogen and oxygen atoms in total. The van der Waals surface area contributed by atoms with E-state index < -0.39 is 5.97 Å². The maximum atomic E-state index is 11.9. The van der Waals surface area contributed by atoms with Crippen molar-refractivity contribution in [3.63, 3.8) is 0 Å². The second-order valence-corrected chi connectivity index (χ2v) is 5.19. The van der Waals surface area contributed by atoms with Gasteiger partial charge in [0.05, 0.1) is 18.8 Å². The summed E-state index contributed by atoms with van der Waals surface area (Å²) in [6.45, 7) is 4.66. The second kappa shape index (κ2) is 6.61. The number of methoxy groups -OCH3 is 1. The highest BCUT2D eigenvalue weighted by Crippen LogP contribution is 2.28. The SMILES string of the molecule is CCC(C)Oc1cc(C(=O)OC)cc(N2CCCC2=O)c1. The van der Waals surface area contributed by atoms with E-state index in [1.807, 2.05) is 19.9 Å². The Bertz CT molecular complexity index is 541. The summed E-state index contributed by atoms with van der Waals surface area (Å²) in [4.78, 5) is 25.4. The quantitative estimate of drug-likeness (QED) is 0.783. The number of anilines is 1. The average Bonchev–Trinajstić information content (AvgIpc) is 2.92. The molecule has 1 aliphatic heterocycles. The summed E-state index contributed by atoms with van der Waals surface area (Å²) in [7, 11) is 1.34. The minimum absolute atomic E-state index is 0.0417. The lowest BCUT2D eigenvalue weighted by atomic mass is 10.1. The van der Waals surface area contributed by atoms with Gasteiger partial charge in [-0.15, -0.1) is 0 Å². The third kappa shape index (κ3) is 3.54. The molecule has 1 aromatic rings. The Hall–Kier alpha value is -2.04. The molecular weight excluding hydrogens is 270 g/mol. The first kappa shape index (κ1) is 15.4. The number of hydrogen-bond acceptors (Lipinski definition) is 4. The molecule has 0 radical (unpaired) electrons. The van der Waals surface area contributed by atoms with Gasteiger partial charge >= 0.3 is 5.97 Å². The van der Waals surface area contributed by atoms with Crippen LogP contribution in [0, 0.1) is 0 Å². The van der Waals surface area contributed by atoms with Crippen molar-refractivity contribution in [1.29, 1.82) is 0 Å². The van der Waals surface area contributed by atoms with Crippen LogP contribution in [0.4, 0.5) is 5.69 Å². The van der Waals surface area contributed by atoms with Gasteiger partial charge in [-0.2, -0.15) is 0 Å². The molecule has 1 saturated heterocycles. The highest BCUT2D eigenvalue weighted by Gasteiger charge is 2.23. The molecule has 0 bridgehead atoms. The molecule has 1 aliphatic rings. The topological polar surface area (TPSA) is 55.8 Å². The predicted octanol–water partition coefficient (Wildman–Crippen LogP) is 2.78. The van der Waals surface area contributed by atoms with Gasteiger partial charge in [0.2, 0.25) is 5.91 Å². The summed E-state index contributed by atoms with van der Waals surface area (Å²) in [5.74, 6) is 0.228. The molecule has 1 aromatic carbocycles. The van der Waals surface area contributed by atoms with E-state index in [0.717, 1.165) is 12.8 Å². The van der Waals surface area contributed by atoms with Crippen molar-refractivity contribution in [3.8, 4) is 5.75 Å². The van der Waals surface area contributed by atoms with Crippen molar-refractivity contribution in [2.24, 2.45) is 0 Å². The van der Waals surface area contributed by atoms with E-state index in [1.54, 1.807) is 17.0 Å². The first-order valence-corrected chi connectivity index (χ1v) is 7.25. The Morgan fingerprint density at radius 2 is 2.14 bits per heavy atom. The minimum Gasteiger partial charge on any atom is -0.491 e. The second-order valence-electron chi connectivity index (χ2n) is 5.19. The molecule has 1 unspecified atom stereocenters. The number of nitrogens with zero attached hydrogens (tertiary/aromatic N) is 1. The van der Waals surface area contributed by atoms with E-state index >= 15 is 0 Å². The van der Waals surface area contributed by atoms with Crippen LogP contribution in [0.1, 0.15) is 43.5 Å². The van der Waals surface area contributed by atoms with Gasteiger partial charge < -0.3 is 14.4 Å². The first-order valence-electron chi connectivity index (χ1n) is 7.25. The summed E-state index contributed by atoms with van der Waals surface area (Å²) in [6.07, 6.45) is 2.29. The van der Waals surface area contributed by atoms with Crippen molar-refractivity contribution < 1.29 is 19.1 Å². The Morgan fingerprint density at radius 1 is 1.38 bits per heavy atom. The summed E-state index contributed by atoms with van der Waals surface area (Å²) in [6, 6.07) is 5.14. The van der Waals surface area contributed by atoms with E-state index in [0.29, 0.717) is 30.0 Å². The fourth-order valence-corrected chi connectivity index (χ4v) is 2.28. The summed E-state index contributed by atoms with van der Waals surface area (Å²) < 4.78 is 10.6. The standard InChI is InChI=1S/C16H21NO4/c1-4-11(2)21-14-9-12(16(19)20-3)8-13(10-14)17-7-5-6-15(17)18/h8-11H,4-7H2,1-3H3. The Labute approximate surface area is 124 Å². The van der Waals surface area contributed by atoms with Crippen molar-refractivity contribution in [2.75, 3.05) is 18.6 Å². The van der Waals surface area contributed by atoms with E-state index in [1.165, 1.54) is 7.11 Å². The minimum atomic E-state index is -0.433. The van der Waals surface area contributed by atoms with Crippen LogP contribution in [0.5, 0.6) is 5.75 Å². The molecule has 114 valence electrons. The number of rotatable bonds is 5. The van der Waals surface area contributed by atoms with Crippen molar-refractivity contribution in [1.82, 2.24) is 0 Å². The number of esters is 1. The zero-order valence-electron chi connectivity index (χ0n) is 12.7. The van der Waals surface area contributed by atoms with Gasteiger partial charge in [0.1, 0.15) is 5.75 Å². The van der Waals surface area contributed by atoms with Gasteiger partial charge in [-0.1, -0.05) is 6.92 Å². The van der Waals surface area contributed by atoms with E-state index in [-0.39, 0.29) is 12.0 Å². The fourth-order valence-electron chi connectivity index (χ4n) is 2.28. The van der Waals surface area contributed by atoms with E-state index in [2.05, 4.69) is 0 Å². The third-order valence-corrected chi connectivity index (χ3v) is 3.61. The van der Waals surface area contributed by atoms with E-state index in [9.17, 15) is 9.59 Å². The molecule has 0 N–H and O–H groups in total. The maximum absolute atomic E-state index is 11.9. The van der Waals surface area contributed by atoms with Crippen LogP contribution in [0.3, 0.4) is 0 Å². The number of benzene rings is 1. The highest BCUT2D eigenvalue weighted by atomic mass is 16.5. The monoisotopic (exact) mass is 291 g/mol. The van der Waals surface area contributed by atoms with Crippen molar-refractivity contribution >= 4 is 17.6 Å². The lowest BCUT2D eigenvalue weighted by Gasteiger charge is -2.19. The van der Waals surface area contributed by atoms with Crippen molar-refractivity contribution in [2.45, 2.75) is 39.2 Å². The number of ether oxygens (including phenoxy) is 2. The molecule has 5 heteroatoms. The smallest absolute Gasteiger partial charge is 0.338 e. The van der Waals surface area contributed by atoms with Gasteiger partial charge in [-0.3, -0.25) is 4.79 Å². The van der Waals surface area contributed by atoms with Crippen LogP contribution in [0.15, 0.2) is 18.2 Å². The Balaban J connectivity index is 2.36. The number of carbonyl (C=O) groups is 2. The molecule has 0 saturated carbocycles. The normalized spacial score (nSPS) is 16.0. The molecule has 1 amide bonds. The molecule has 2 rings (SSSR count). The average molecular weight is 291 g/mol. The zero-order chi connectivity index (χ0) is 15.4. The van der Waals surface area contributed by atoms with Crippen LogP contribution < -0.4 is 9.64 Å². The van der Waals surface area contributed by atoms with Gasteiger partial charge in [0.25, 0.3) is 0 Å². The van der Waals surface area contributed by atoms with Gasteiger partial charge in [0.15, 0.2) is 0 Å². The zero-order valence-corrected chi connectivity index (χ0v) is 12.7. The first-order chi connectivity index (χ1) is 10.0. The van der Waals surface area contributed by atoms with Crippen LogP contribution in [-0.2, 0) is 9.53 Å². The van der Waals surface area contributed by atoms with Crippen LogP contribution in [-0.4, -0.2) is 31.6 Å². The Kier molecular flexibility index (Phi) is 4.83. The molecule has 1 heterocycles. The van der Waals surface area contributed by atoms with Gasteiger partial charge in [0, 0.05) is 24.7 Å². The lowest BCUT2D eigenvalue weighted by molar-refractivity contribution is -0.117. The van der Waals surface area contributed by atoms with Gasteiger partial charge in [-0.25, -0.2) is 4.79 Å². The fraction of sp³-hybridized carbons (Fsp3) is 0.500. The number of carbonyl (C=O) groups excluding carboxylic acids is 2. The molecule has 0 aliphatic carbocycles. The lowest BCUT2D eigenvalue weighted by Crippen LogP contribution is -2.24. The summed E-state index contributed by atoms with van der Waals surface area (Å²) in [5, 5.41) is 0. The summed E-state index contributed by atoms with van der Waals surface area (Å²) >= 11 is 0. The number of hydrogen-bond donors (Lipinski definition) is 0. The van der Waals surface area contributed by atoms with Crippen LogP contribution in [0.2, 0.25) is 0 Å². The molecule has 1 fully saturated rings. The maximum Gasteiger partial charge on any atom is 0.338 e. The molecule has 1 atom stereocenters. The van der Waals surface area contributed by atoms with E-state index in [4.69, 9.17) is 9.47 Å². The van der Waals surface area contributed by atoms with Gasteiger partial charge in [-0.05, 0) is 31.9 Å². The summed E-state index contributed by atoms with van der Waals surface area (Å²) in [5.41, 5.74) is 1.09. The largest absolute Gasteiger partial charge is 0.491 e. The molecule has 0 spiro atoms. The number of amides is 1.